The van der Waals surface area contributed by atoms with E-state index in [0.717, 1.165) is 11.1 Å². The topological polar surface area (TPSA) is 107 Å². The van der Waals surface area contributed by atoms with Crippen LogP contribution in [0.2, 0.25) is 0 Å². The first-order valence-electron chi connectivity index (χ1n) is 8.98. The number of carbonyl (C=O) groups excluding carboxylic acids is 2. The Bertz CT molecular complexity index is 985. The van der Waals surface area contributed by atoms with Crippen molar-refractivity contribution in [1.82, 2.24) is 9.97 Å². The Morgan fingerprint density at radius 3 is 2.61 bits per heavy atom. The summed E-state index contributed by atoms with van der Waals surface area (Å²) in [4.78, 5) is 33.0. The van der Waals surface area contributed by atoms with E-state index in [1.54, 1.807) is 13.0 Å². The van der Waals surface area contributed by atoms with Gasteiger partial charge in [-0.05, 0) is 18.1 Å². The Morgan fingerprint density at radius 1 is 1.21 bits per heavy atom. The highest BCUT2D eigenvalue weighted by atomic mass is 16.5. The van der Waals surface area contributed by atoms with Gasteiger partial charge in [-0.3, -0.25) is 9.59 Å². The van der Waals surface area contributed by atoms with Crippen molar-refractivity contribution in [3.8, 4) is 0 Å². The third kappa shape index (κ3) is 3.05. The Labute approximate surface area is 162 Å². The van der Waals surface area contributed by atoms with Gasteiger partial charge in [-0.2, -0.15) is 0 Å². The lowest BCUT2D eigenvalue weighted by molar-refractivity contribution is -0.124. The van der Waals surface area contributed by atoms with Gasteiger partial charge in [0, 0.05) is 17.9 Å². The van der Waals surface area contributed by atoms with Crippen molar-refractivity contribution in [2.45, 2.75) is 19.3 Å². The number of rotatable bonds is 4. The standard InChI is InChI=1S/C21H20N4O3/c1-21(20(22)27)8-14(19(26)25-15-9-23-12-24-10-15)7-16-17(11-28-18(16)21)13-5-3-2-4-6-13/h2-6,8-10,12,17H,7,11H2,1H3,(H2,22,27)(H,25,26). The van der Waals surface area contributed by atoms with Crippen LogP contribution in [0.5, 0.6) is 0 Å². The van der Waals surface area contributed by atoms with Crippen molar-refractivity contribution >= 4 is 17.5 Å². The van der Waals surface area contributed by atoms with E-state index >= 15 is 0 Å². The minimum Gasteiger partial charge on any atom is -0.495 e. The number of anilines is 1. The molecule has 0 bridgehead atoms. The van der Waals surface area contributed by atoms with Crippen LogP contribution in [0.3, 0.4) is 0 Å². The summed E-state index contributed by atoms with van der Waals surface area (Å²) in [5.41, 5.74) is 7.49. The fourth-order valence-electron chi connectivity index (χ4n) is 3.76. The van der Waals surface area contributed by atoms with Crippen LogP contribution >= 0.6 is 0 Å². The maximum Gasteiger partial charge on any atom is 0.251 e. The summed E-state index contributed by atoms with van der Waals surface area (Å²) in [6.45, 7) is 2.11. The molecule has 2 unspecified atom stereocenters. The average molecular weight is 376 g/mol. The SMILES string of the molecule is CC1(C(N)=O)C=C(C(=O)Nc2cncnc2)CC2=C1OCC2c1ccccc1. The van der Waals surface area contributed by atoms with Gasteiger partial charge in [0.15, 0.2) is 0 Å². The van der Waals surface area contributed by atoms with Gasteiger partial charge in [0.05, 0.1) is 24.7 Å². The molecule has 28 heavy (non-hydrogen) atoms. The number of ether oxygens (including phenoxy) is 1. The van der Waals surface area contributed by atoms with Crippen molar-refractivity contribution in [2.75, 3.05) is 11.9 Å². The minimum atomic E-state index is -1.17. The molecule has 0 spiro atoms. The molecule has 4 rings (SSSR count). The molecule has 1 aliphatic carbocycles. The van der Waals surface area contributed by atoms with E-state index in [1.165, 1.54) is 18.7 Å². The van der Waals surface area contributed by atoms with E-state index < -0.39 is 11.3 Å². The first-order chi connectivity index (χ1) is 13.5. The average Bonchev–Trinajstić information content (AvgIpc) is 3.14. The van der Waals surface area contributed by atoms with Crippen LogP contribution in [0, 0.1) is 5.41 Å². The molecular formula is C21H20N4O3. The Balaban J connectivity index is 1.69. The molecule has 142 valence electrons. The Kier molecular flexibility index (Phi) is 4.43. The first kappa shape index (κ1) is 17.9. The molecule has 7 nitrogen and oxygen atoms in total. The summed E-state index contributed by atoms with van der Waals surface area (Å²) in [5.74, 6) is -0.325. The summed E-state index contributed by atoms with van der Waals surface area (Å²) < 4.78 is 5.93. The lowest BCUT2D eigenvalue weighted by Gasteiger charge is -2.30. The van der Waals surface area contributed by atoms with E-state index in [4.69, 9.17) is 10.5 Å². The van der Waals surface area contributed by atoms with Crippen LogP contribution in [0.4, 0.5) is 5.69 Å². The van der Waals surface area contributed by atoms with Gasteiger partial charge in [-0.25, -0.2) is 9.97 Å². The summed E-state index contributed by atoms with van der Waals surface area (Å²) in [5, 5.41) is 2.78. The highest BCUT2D eigenvalue weighted by Gasteiger charge is 2.46. The predicted molar refractivity (Wildman–Crippen MR) is 103 cm³/mol. The Hall–Kier alpha value is -3.48. The van der Waals surface area contributed by atoms with Crippen molar-refractivity contribution in [2.24, 2.45) is 11.1 Å². The van der Waals surface area contributed by atoms with Gasteiger partial charge in [0.1, 0.15) is 17.5 Å². The number of nitrogens with zero attached hydrogens (tertiary/aromatic N) is 2. The summed E-state index contributed by atoms with van der Waals surface area (Å²) >= 11 is 0. The molecule has 1 aromatic carbocycles. The molecule has 2 amide bonds. The number of nitrogens with one attached hydrogen (secondary N) is 1. The zero-order chi connectivity index (χ0) is 19.7. The van der Waals surface area contributed by atoms with Crippen molar-refractivity contribution < 1.29 is 14.3 Å². The number of aromatic nitrogens is 2. The highest BCUT2D eigenvalue weighted by molar-refractivity contribution is 6.05. The van der Waals surface area contributed by atoms with Crippen LogP contribution in [0.15, 0.2) is 72.0 Å². The second-order valence-corrected chi connectivity index (χ2v) is 7.12. The summed E-state index contributed by atoms with van der Waals surface area (Å²) in [6.07, 6.45) is 6.41. The molecule has 0 saturated heterocycles. The van der Waals surface area contributed by atoms with Gasteiger partial charge >= 0.3 is 0 Å². The number of benzene rings is 1. The largest absolute Gasteiger partial charge is 0.495 e. The zero-order valence-electron chi connectivity index (χ0n) is 15.4. The molecule has 7 heteroatoms. The minimum absolute atomic E-state index is 0.0218. The number of hydrogen-bond donors (Lipinski definition) is 2. The van der Waals surface area contributed by atoms with Crippen molar-refractivity contribution in [3.05, 3.63) is 77.6 Å². The normalized spacial score (nSPS) is 23.5. The summed E-state index contributed by atoms with van der Waals surface area (Å²) in [7, 11) is 0. The number of primary amides is 1. The maximum atomic E-state index is 12.9. The van der Waals surface area contributed by atoms with E-state index in [9.17, 15) is 9.59 Å². The molecule has 3 N–H and O–H groups in total. The van der Waals surface area contributed by atoms with Gasteiger partial charge in [0.25, 0.3) is 5.91 Å². The predicted octanol–water partition coefficient (Wildman–Crippen LogP) is 2.30. The monoisotopic (exact) mass is 376 g/mol. The number of nitrogens with two attached hydrogens (primary N) is 1. The van der Waals surface area contributed by atoms with Crippen LogP contribution < -0.4 is 11.1 Å². The molecule has 2 atom stereocenters. The fraction of sp³-hybridized carbons (Fsp3) is 0.238. The fourth-order valence-corrected chi connectivity index (χ4v) is 3.76. The van der Waals surface area contributed by atoms with Crippen LogP contribution in [-0.2, 0) is 14.3 Å². The molecule has 1 aromatic heterocycles. The van der Waals surface area contributed by atoms with Crippen molar-refractivity contribution in [1.29, 1.82) is 0 Å². The smallest absolute Gasteiger partial charge is 0.251 e. The zero-order valence-corrected chi connectivity index (χ0v) is 15.4. The third-order valence-corrected chi connectivity index (χ3v) is 5.25. The molecule has 2 heterocycles. The van der Waals surface area contributed by atoms with E-state index in [-0.39, 0.29) is 11.8 Å². The molecule has 0 fully saturated rings. The second-order valence-electron chi connectivity index (χ2n) is 7.12. The molecular weight excluding hydrogens is 356 g/mol. The van der Waals surface area contributed by atoms with E-state index in [2.05, 4.69) is 15.3 Å². The van der Waals surface area contributed by atoms with Gasteiger partial charge in [-0.1, -0.05) is 36.4 Å². The highest BCUT2D eigenvalue weighted by Crippen LogP contribution is 2.48. The van der Waals surface area contributed by atoms with Gasteiger partial charge < -0.3 is 15.8 Å². The van der Waals surface area contributed by atoms with Gasteiger partial charge in [-0.15, -0.1) is 0 Å². The maximum absolute atomic E-state index is 12.9. The van der Waals surface area contributed by atoms with E-state index in [1.807, 2.05) is 30.3 Å². The number of amides is 2. The van der Waals surface area contributed by atoms with Crippen LogP contribution in [0.25, 0.3) is 0 Å². The van der Waals surface area contributed by atoms with Crippen LogP contribution in [0.1, 0.15) is 24.8 Å². The quantitative estimate of drug-likeness (QED) is 0.851. The molecule has 0 radical (unpaired) electrons. The lowest BCUT2D eigenvalue weighted by Crippen LogP contribution is -2.38. The van der Waals surface area contributed by atoms with Crippen LogP contribution in [-0.4, -0.2) is 28.4 Å². The first-order valence-corrected chi connectivity index (χ1v) is 8.98. The third-order valence-electron chi connectivity index (χ3n) is 5.25. The number of carbonyl (C=O) groups is 2. The molecule has 0 saturated carbocycles. The van der Waals surface area contributed by atoms with E-state index in [0.29, 0.717) is 30.0 Å². The molecule has 2 aromatic rings. The van der Waals surface area contributed by atoms with Gasteiger partial charge in [0.2, 0.25) is 5.91 Å². The van der Waals surface area contributed by atoms with Crippen molar-refractivity contribution in [3.63, 3.8) is 0 Å². The summed E-state index contributed by atoms with van der Waals surface area (Å²) in [6, 6.07) is 9.91. The second kappa shape index (κ2) is 6.92. The molecule has 1 aliphatic heterocycles. The molecule has 2 aliphatic rings. The number of hydrogen-bond acceptors (Lipinski definition) is 5. The Morgan fingerprint density at radius 2 is 1.93 bits per heavy atom. The lowest BCUT2D eigenvalue weighted by atomic mass is 9.74.